The van der Waals surface area contributed by atoms with Crippen molar-refractivity contribution in [2.75, 3.05) is 19.0 Å². The van der Waals surface area contributed by atoms with E-state index in [1.165, 1.54) is 7.11 Å². The van der Waals surface area contributed by atoms with Gasteiger partial charge in [0.25, 0.3) is 0 Å². The number of rotatable bonds is 6. The first-order valence-corrected chi connectivity index (χ1v) is 6.47. The van der Waals surface area contributed by atoms with Crippen LogP contribution in [0.15, 0.2) is 15.9 Å². The monoisotopic (exact) mass is 307 g/mol. The molecule has 1 unspecified atom stereocenters. The van der Waals surface area contributed by atoms with E-state index in [9.17, 15) is 9.90 Å². The standard InChI is InChI=1S/C10H14BrNO3S/c1-15-10(14)5-2-7(13)6-12-9-4-3-8(11)16-9/h3-4,7,12-13H,2,5-6H2,1H3. The normalized spacial score (nSPS) is 12.2. The maximum atomic E-state index is 10.8. The first kappa shape index (κ1) is 13.5. The van der Waals surface area contributed by atoms with E-state index in [1.807, 2.05) is 12.1 Å². The van der Waals surface area contributed by atoms with Crippen LogP contribution in [-0.4, -0.2) is 30.8 Å². The molecule has 90 valence electrons. The van der Waals surface area contributed by atoms with Gasteiger partial charge < -0.3 is 15.2 Å². The van der Waals surface area contributed by atoms with E-state index < -0.39 is 6.10 Å². The minimum atomic E-state index is -0.542. The van der Waals surface area contributed by atoms with Crippen LogP contribution in [-0.2, 0) is 9.53 Å². The lowest BCUT2D eigenvalue weighted by atomic mass is 10.2. The quantitative estimate of drug-likeness (QED) is 0.791. The second-order valence-electron chi connectivity index (χ2n) is 3.25. The van der Waals surface area contributed by atoms with Gasteiger partial charge in [-0.2, -0.15) is 0 Å². The number of ether oxygens (including phenoxy) is 1. The van der Waals surface area contributed by atoms with Crippen molar-refractivity contribution in [3.63, 3.8) is 0 Å². The molecule has 1 rings (SSSR count). The Hall–Kier alpha value is -0.590. The molecule has 0 bridgehead atoms. The SMILES string of the molecule is COC(=O)CCC(O)CNc1ccc(Br)s1. The van der Waals surface area contributed by atoms with Crippen LogP contribution in [0, 0.1) is 0 Å². The predicted octanol–water partition coefficient (Wildman–Crippen LogP) is 2.24. The fourth-order valence-corrected chi connectivity index (χ4v) is 2.41. The van der Waals surface area contributed by atoms with Gasteiger partial charge in [0.15, 0.2) is 0 Å². The van der Waals surface area contributed by atoms with Crippen LogP contribution < -0.4 is 5.32 Å². The van der Waals surface area contributed by atoms with Crippen molar-refractivity contribution in [2.24, 2.45) is 0 Å². The molecule has 0 aliphatic rings. The van der Waals surface area contributed by atoms with Crippen molar-refractivity contribution < 1.29 is 14.6 Å². The Morgan fingerprint density at radius 3 is 3.00 bits per heavy atom. The lowest BCUT2D eigenvalue weighted by Gasteiger charge is -2.10. The van der Waals surface area contributed by atoms with Crippen LogP contribution in [0.3, 0.4) is 0 Å². The van der Waals surface area contributed by atoms with Crippen molar-refractivity contribution >= 4 is 38.2 Å². The molecule has 0 spiro atoms. The number of anilines is 1. The third-order valence-corrected chi connectivity index (χ3v) is 3.58. The predicted molar refractivity (Wildman–Crippen MR) is 67.8 cm³/mol. The summed E-state index contributed by atoms with van der Waals surface area (Å²) in [5.74, 6) is -0.294. The maximum Gasteiger partial charge on any atom is 0.305 e. The number of hydrogen-bond donors (Lipinski definition) is 2. The Kier molecular flexibility index (Phi) is 5.79. The number of carbonyl (C=O) groups is 1. The highest BCUT2D eigenvalue weighted by Crippen LogP contribution is 2.26. The zero-order chi connectivity index (χ0) is 12.0. The Morgan fingerprint density at radius 1 is 1.69 bits per heavy atom. The molecular formula is C10H14BrNO3S. The lowest BCUT2D eigenvalue weighted by molar-refractivity contribution is -0.141. The van der Waals surface area contributed by atoms with Gasteiger partial charge in [-0.15, -0.1) is 11.3 Å². The van der Waals surface area contributed by atoms with Gasteiger partial charge in [0.1, 0.15) is 0 Å². The molecule has 0 saturated carbocycles. The maximum absolute atomic E-state index is 10.8. The topological polar surface area (TPSA) is 58.6 Å². The fourth-order valence-electron chi connectivity index (χ4n) is 1.12. The number of thiophene rings is 1. The van der Waals surface area contributed by atoms with E-state index in [1.54, 1.807) is 11.3 Å². The van der Waals surface area contributed by atoms with Crippen LogP contribution in [0.1, 0.15) is 12.8 Å². The van der Waals surface area contributed by atoms with Crippen molar-refractivity contribution in [2.45, 2.75) is 18.9 Å². The Morgan fingerprint density at radius 2 is 2.44 bits per heavy atom. The second kappa shape index (κ2) is 6.88. The molecule has 1 heterocycles. The van der Waals surface area contributed by atoms with Gasteiger partial charge >= 0.3 is 5.97 Å². The molecule has 0 aromatic carbocycles. The Balaban J connectivity index is 2.19. The molecule has 6 heteroatoms. The third kappa shape index (κ3) is 4.96. The summed E-state index contributed by atoms with van der Waals surface area (Å²) in [4.78, 5) is 10.8. The van der Waals surface area contributed by atoms with E-state index in [2.05, 4.69) is 26.0 Å². The molecule has 1 aromatic heterocycles. The summed E-state index contributed by atoms with van der Waals surface area (Å²) in [5, 5.41) is 13.7. The van der Waals surface area contributed by atoms with E-state index in [0.717, 1.165) is 8.79 Å². The summed E-state index contributed by atoms with van der Waals surface area (Å²) in [7, 11) is 1.34. The highest BCUT2D eigenvalue weighted by molar-refractivity contribution is 9.11. The molecule has 0 aliphatic heterocycles. The van der Waals surface area contributed by atoms with Crippen LogP contribution in [0.4, 0.5) is 5.00 Å². The number of methoxy groups -OCH3 is 1. The summed E-state index contributed by atoms with van der Waals surface area (Å²) >= 11 is 4.91. The molecule has 2 N–H and O–H groups in total. The Labute approximate surface area is 107 Å². The van der Waals surface area contributed by atoms with E-state index in [-0.39, 0.29) is 12.4 Å². The van der Waals surface area contributed by atoms with Crippen LogP contribution in [0.5, 0.6) is 0 Å². The van der Waals surface area contributed by atoms with Gasteiger partial charge in [0.05, 0.1) is 22.0 Å². The van der Waals surface area contributed by atoms with E-state index in [4.69, 9.17) is 0 Å². The van der Waals surface area contributed by atoms with E-state index in [0.29, 0.717) is 13.0 Å². The van der Waals surface area contributed by atoms with Crippen LogP contribution in [0.25, 0.3) is 0 Å². The van der Waals surface area contributed by atoms with E-state index >= 15 is 0 Å². The number of aliphatic hydroxyl groups is 1. The zero-order valence-electron chi connectivity index (χ0n) is 8.90. The number of halogens is 1. The number of nitrogens with one attached hydrogen (secondary N) is 1. The number of esters is 1. The van der Waals surface area contributed by atoms with Crippen molar-refractivity contribution in [1.29, 1.82) is 0 Å². The molecule has 0 saturated heterocycles. The average molecular weight is 308 g/mol. The summed E-state index contributed by atoms with van der Waals surface area (Å²) in [5.41, 5.74) is 0. The van der Waals surface area contributed by atoms with Gasteiger partial charge in [-0.05, 0) is 34.5 Å². The largest absolute Gasteiger partial charge is 0.469 e. The average Bonchev–Trinajstić information content (AvgIpc) is 2.69. The molecule has 1 aromatic rings. The minimum absolute atomic E-state index is 0.244. The molecule has 0 radical (unpaired) electrons. The summed E-state index contributed by atoms with van der Waals surface area (Å²) < 4.78 is 5.53. The van der Waals surface area contributed by atoms with Crippen molar-refractivity contribution in [1.82, 2.24) is 0 Å². The summed E-state index contributed by atoms with van der Waals surface area (Å²) in [6, 6.07) is 3.87. The summed E-state index contributed by atoms with van der Waals surface area (Å²) in [6.07, 6.45) is 0.111. The molecule has 0 fully saturated rings. The zero-order valence-corrected chi connectivity index (χ0v) is 11.3. The summed E-state index contributed by atoms with van der Waals surface area (Å²) in [6.45, 7) is 0.434. The second-order valence-corrected chi connectivity index (χ2v) is 5.72. The first-order chi connectivity index (χ1) is 7.61. The number of hydrogen-bond acceptors (Lipinski definition) is 5. The molecule has 0 amide bonds. The fraction of sp³-hybridized carbons (Fsp3) is 0.500. The molecular weight excluding hydrogens is 294 g/mol. The number of carbonyl (C=O) groups excluding carboxylic acids is 1. The van der Waals surface area contributed by atoms with Gasteiger partial charge in [-0.1, -0.05) is 0 Å². The molecule has 1 atom stereocenters. The molecule has 16 heavy (non-hydrogen) atoms. The molecule has 4 nitrogen and oxygen atoms in total. The van der Waals surface area contributed by atoms with Gasteiger partial charge in [-0.25, -0.2) is 0 Å². The number of aliphatic hydroxyl groups excluding tert-OH is 1. The van der Waals surface area contributed by atoms with Gasteiger partial charge in [0, 0.05) is 13.0 Å². The first-order valence-electron chi connectivity index (χ1n) is 4.86. The van der Waals surface area contributed by atoms with Gasteiger partial charge in [0.2, 0.25) is 0 Å². The third-order valence-electron chi connectivity index (χ3n) is 1.99. The lowest BCUT2D eigenvalue weighted by Crippen LogP contribution is -2.20. The minimum Gasteiger partial charge on any atom is -0.469 e. The van der Waals surface area contributed by atoms with Crippen LogP contribution in [0.2, 0.25) is 0 Å². The van der Waals surface area contributed by atoms with Crippen molar-refractivity contribution in [3.05, 3.63) is 15.9 Å². The van der Waals surface area contributed by atoms with Crippen molar-refractivity contribution in [3.8, 4) is 0 Å². The molecule has 0 aliphatic carbocycles. The highest BCUT2D eigenvalue weighted by atomic mass is 79.9. The van der Waals surface area contributed by atoms with Gasteiger partial charge in [-0.3, -0.25) is 4.79 Å². The smallest absolute Gasteiger partial charge is 0.305 e. The van der Waals surface area contributed by atoms with Crippen LogP contribution >= 0.6 is 27.3 Å². The highest BCUT2D eigenvalue weighted by Gasteiger charge is 2.08. The Bertz CT molecular complexity index is 343.